The number of hydrogen-bond acceptors (Lipinski definition) is 4. The number of hydroxylamine groups is 1. The molecule has 1 aromatic rings. The van der Waals surface area contributed by atoms with Crippen LogP contribution in [0.15, 0.2) is 18.2 Å². The largest absolute Gasteiger partial charge is 0.481 e. The van der Waals surface area contributed by atoms with E-state index in [0.717, 1.165) is 5.56 Å². The Balaban J connectivity index is 1.89. The molecule has 3 atom stereocenters. The number of halogens is 2. The van der Waals surface area contributed by atoms with Gasteiger partial charge in [0.15, 0.2) is 5.72 Å². The van der Waals surface area contributed by atoms with Gasteiger partial charge in [-0.25, -0.2) is 0 Å². The number of rotatable bonds is 2. The summed E-state index contributed by atoms with van der Waals surface area (Å²) in [7, 11) is 0. The van der Waals surface area contributed by atoms with Crippen molar-refractivity contribution in [2.45, 2.75) is 24.7 Å². The van der Waals surface area contributed by atoms with Crippen molar-refractivity contribution >= 4 is 29.2 Å². The van der Waals surface area contributed by atoms with Crippen molar-refractivity contribution in [3.05, 3.63) is 33.8 Å². The van der Waals surface area contributed by atoms with Gasteiger partial charge in [0, 0.05) is 13.0 Å². The molecule has 20 heavy (non-hydrogen) atoms. The molecule has 2 heterocycles. The highest BCUT2D eigenvalue weighted by atomic mass is 35.5. The normalized spacial score (nSPS) is 32.9. The van der Waals surface area contributed by atoms with Gasteiger partial charge >= 0.3 is 5.97 Å². The molecule has 0 aromatic heterocycles. The molecule has 5 nitrogen and oxygen atoms in total. The lowest BCUT2D eigenvalue weighted by molar-refractivity contribution is -0.142. The average molecular weight is 318 g/mol. The van der Waals surface area contributed by atoms with Crippen LogP contribution in [0.3, 0.4) is 0 Å². The second kappa shape index (κ2) is 5.16. The molecule has 2 N–H and O–H groups in total. The summed E-state index contributed by atoms with van der Waals surface area (Å²) in [6, 6.07) is 5.23. The highest BCUT2D eigenvalue weighted by molar-refractivity contribution is 6.42. The van der Waals surface area contributed by atoms with Crippen LogP contribution in [0.25, 0.3) is 0 Å². The predicted molar refractivity (Wildman–Crippen MR) is 72.5 cm³/mol. The molecule has 1 aromatic carbocycles. The highest BCUT2D eigenvalue weighted by Gasteiger charge is 2.57. The quantitative estimate of drug-likeness (QED) is 0.820. The third-order valence-electron chi connectivity index (χ3n) is 3.68. The summed E-state index contributed by atoms with van der Waals surface area (Å²) < 4.78 is 5.79. The van der Waals surface area contributed by atoms with Crippen LogP contribution >= 0.6 is 23.2 Å². The summed E-state index contributed by atoms with van der Waals surface area (Å²) in [4.78, 5) is 16.5. The van der Waals surface area contributed by atoms with Crippen molar-refractivity contribution in [3.63, 3.8) is 0 Å². The monoisotopic (exact) mass is 317 g/mol. The van der Waals surface area contributed by atoms with Crippen molar-refractivity contribution in [1.82, 2.24) is 5.48 Å². The van der Waals surface area contributed by atoms with E-state index in [1.165, 1.54) is 0 Å². The van der Waals surface area contributed by atoms with E-state index in [4.69, 9.17) is 32.8 Å². The van der Waals surface area contributed by atoms with E-state index >= 15 is 0 Å². The fourth-order valence-corrected chi connectivity index (χ4v) is 2.85. The number of aliphatic carboxylic acids is 1. The maximum absolute atomic E-state index is 11.2. The third kappa shape index (κ3) is 2.52. The number of benzene rings is 1. The Morgan fingerprint density at radius 2 is 2.15 bits per heavy atom. The second-order valence-corrected chi connectivity index (χ2v) is 5.86. The Kier molecular flexibility index (Phi) is 3.64. The zero-order chi connectivity index (χ0) is 14.3. The minimum atomic E-state index is -0.833. The minimum absolute atomic E-state index is 0.354. The molecule has 0 amide bonds. The molecule has 2 aliphatic rings. The molecule has 2 aliphatic heterocycles. The third-order valence-corrected chi connectivity index (χ3v) is 4.42. The first-order valence-corrected chi connectivity index (χ1v) is 7.02. The van der Waals surface area contributed by atoms with Crippen LogP contribution in [0, 0.1) is 5.92 Å². The van der Waals surface area contributed by atoms with Crippen LogP contribution in [0.1, 0.15) is 24.5 Å². The first kappa shape index (κ1) is 14.1. The second-order valence-electron chi connectivity index (χ2n) is 5.05. The minimum Gasteiger partial charge on any atom is -0.481 e. The molecular weight excluding hydrogens is 305 g/mol. The van der Waals surface area contributed by atoms with E-state index in [-0.39, 0.29) is 0 Å². The highest BCUT2D eigenvalue weighted by Crippen LogP contribution is 2.46. The van der Waals surface area contributed by atoms with Gasteiger partial charge in [-0.1, -0.05) is 29.3 Å². The smallest absolute Gasteiger partial charge is 0.306 e. The SMILES string of the molecule is O=C(O)C1CCOC(c2ccc(Cl)c(Cl)c2)C2(C1)NO2. The molecule has 2 fully saturated rings. The Morgan fingerprint density at radius 3 is 2.75 bits per heavy atom. The van der Waals surface area contributed by atoms with Gasteiger partial charge in [0.1, 0.15) is 6.10 Å². The van der Waals surface area contributed by atoms with E-state index in [9.17, 15) is 9.90 Å². The number of ether oxygens (including phenoxy) is 1. The van der Waals surface area contributed by atoms with Crippen LogP contribution < -0.4 is 5.48 Å². The van der Waals surface area contributed by atoms with Crippen molar-refractivity contribution in [2.75, 3.05) is 6.61 Å². The van der Waals surface area contributed by atoms with Crippen LogP contribution in [0.4, 0.5) is 0 Å². The lowest BCUT2D eigenvalue weighted by Gasteiger charge is -2.21. The molecule has 0 saturated carbocycles. The zero-order valence-corrected chi connectivity index (χ0v) is 11.9. The fraction of sp³-hybridized carbons (Fsp3) is 0.462. The summed E-state index contributed by atoms with van der Waals surface area (Å²) in [5.41, 5.74) is 2.83. The van der Waals surface area contributed by atoms with Gasteiger partial charge in [-0.05, 0) is 24.1 Å². The Hall–Kier alpha value is -0.850. The van der Waals surface area contributed by atoms with Crippen molar-refractivity contribution < 1.29 is 19.5 Å². The Morgan fingerprint density at radius 1 is 1.40 bits per heavy atom. The summed E-state index contributed by atoms with van der Waals surface area (Å²) >= 11 is 11.9. The molecule has 2 saturated heterocycles. The van der Waals surface area contributed by atoms with Gasteiger partial charge in [0.05, 0.1) is 16.0 Å². The molecule has 1 spiro atoms. The Bertz CT molecular complexity index is 547. The van der Waals surface area contributed by atoms with Gasteiger partial charge in [0.25, 0.3) is 0 Å². The number of carbonyl (C=O) groups is 1. The summed E-state index contributed by atoms with van der Waals surface area (Å²) in [6.07, 6.45) is 0.411. The number of hydrogen-bond donors (Lipinski definition) is 2. The molecule has 0 aliphatic carbocycles. The van der Waals surface area contributed by atoms with Crippen molar-refractivity contribution in [1.29, 1.82) is 0 Å². The topological polar surface area (TPSA) is 81.0 Å². The Labute approximate surface area is 125 Å². The molecular formula is C13H13Cl2NO4. The lowest BCUT2D eigenvalue weighted by Crippen LogP contribution is -2.29. The lowest BCUT2D eigenvalue weighted by atomic mass is 9.91. The van der Waals surface area contributed by atoms with Crippen LogP contribution in [0.5, 0.6) is 0 Å². The fourth-order valence-electron chi connectivity index (χ4n) is 2.55. The molecule has 108 valence electrons. The number of carboxylic acids is 1. The van der Waals surface area contributed by atoms with E-state index in [2.05, 4.69) is 5.48 Å². The van der Waals surface area contributed by atoms with Gasteiger partial charge in [-0.3, -0.25) is 9.63 Å². The van der Waals surface area contributed by atoms with E-state index in [1.807, 2.05) is 6.07 Å². The molecule has 3 unspecified atom stereocenters. The maximum Gasteiger partial charge on any atom is 0.306 e. The number of nitrogens with one attached hydrogen (secondary N) is 1. The summed E-state index contributed by atoms with van der Waals surface area (Å²) in [5, 5.41) is 10.1. The number of carboxylic acid groups (broad SMARTS) is 1. The first-order chi connectivity index (χ1) is 9.52. The van der Waals surface area contributed by atoms with Crippen molar-refractivity contribution in [2.24, 2.45) is 5.92 Å². The van der Waals surface area contributed by atoms with E-state index in [1.54, 1.807) is 12.1 Å². The first-order valence-electron chi connectivity index (χ1n) is 6.26. The van der Waals surface area contributed by atoms with Crippen LogP contribution in [-0.2, 0) is 14.4 Å². The van der Waals surface area contributed by atoms with Gasteiger partial charge in [-0.2, -0.15) is 5.48 Å². The van der Waals surface area contributed by atoms with E-state index in [0.29, 0.717) is 29.5 Å². The van der Waals surface area contributed by atoms with Crippen LogP contribution in [0.2, 0.25) is 10.0 Å². The maximum atomic E-state index is 11.2. The van der Waals surface area contributed by atoms with Crippen molar-refractivity contribution in [3.8, 4) is 0 Å². The van der Waals surface area contributed by atoms with Crippen LogP contribution in [-0.4, -0.2) is 23.4 Å². The molecule has 7 heteroatoms. The van der Waals surface area contributed by atoms with E-state index < -0.39 is 23.7 Å². The summed E-state index contributed by atoms with van der Waals surface area (Å²) in [6.45, 7) is 0.356. The summed E-state index contributed by atoms with van der Waals surface area (Å²) in [5.74, 6) is -1.32. The molecule has 3 rings (SSSR count). The molecule has 0 radical (unpaired) electrons. The van der Waals surface area contributed by atoms with Gasteiger partial charge in [0.2, 0.25) is 0 Å². The zero-order valence-electron chi connectivity index (χ0n) is 10.4. The average Bonchev–Trinajstić information content (AvgIpc) is 3.20. The predicted octanol–water partition coefficient (Wildman–Crippen LogP) is 2.78. The molecule has 0 bridgehead atoms. The van der Waals surface area contributed by atoms with Gasteiger partial charge < -0.3 is 9.84 Å². The standard InChI is InChI=1S/C13H13Cl2NO4/c14-9-2-1-7(5-10(9)15)11-13(16-20-13)6-8(12(17)18)3-4-19-11/h1-2,5,8,11,16H,3-4,6H2,(H,17,18). The van der Waals surface area contributed by atoms with Gasteiger partial charge in [-0.15, -0.1) is 0 Å².